The largest absolute Gasteiger partial charge is 0.368 e. The first-order chi connectivity index (χ1) is 9.34. The third kappa shape index (κ3) is 3.09. The SMILES string of the molecule is O=C(C1CCCCO1)N1CCN(C2CCNC2)CC1. The van der Waals surface area contributed by atoms with Crippen LogP contribution in [0, 0.1) is 0 Å². The highest BCUT2D eigenvalue weighted by atomic mass is 16.5. The minimum absolute atomic E-state index is 0.159. The van der Waals surface area contributed by atoms with Crippen LogP contribution in [0.4, 0.5) is 0 Å². The van der Waals surface area contributed by atoms with Crippen molar-refractivity contribution in [1.29, 1.82) is 0 Å². The molecule has 5 nitrogen and oxygen atoms in total. The van der Waals surface area contributed by atoms with Crippen molar-refractivity contribution in [3.8, 4) is 0 Å². The number of ether oxygens (including phenoxy) is 1. The smallest absolute Gasteiger partial charge is 0.251 e. The van der Waals surface area contributed by atoms with Gasteiger partial charge in [0.05, 0.1) is 0 Å². The number of hydrogen-bond donors (Lipinski definition) is 1. The Morgan fingerprint density at radius 1 is 1.11 bits per heavy atom. The summed E-state index contributed by atoms with van der Waals surface area (Å²) in [5.74, 6) is 0.226. The average molecular weight is 267 g/mol. The summed E-state index contributed by atoms with van der Waals surface area (Å²) in [4.78, 5) is 16.9. The van der Waals surface area contributed by atoms with Crippen LogP contribution in [0.5, 0.6) is 0 Å². The van der Waals surface area contributed by atoms with E-state index in [9.17, 15) is 4.79 Å². The van der Waals surface area contributed by atoms with Gasteiger partial charge in [-0.1, -0.05) is 0 Å². The molecule has 2 unspecified atom stereocenters. The maximum Gasteiger partial charge on any atom is 0.251 e. The molecule has 1 amide bonds. The van der Waals surface area contributed by atoms with E-state index in [1.54, 1.807) is 0 Å². The highest BCUT2D eigenvalue weighted by Crippen LogP contribution is 2.17. The first kappa shape index (κ1) is 13.3. The molecule has 5 heteroatoms. The van der Waals surface area contributed by atoms with Gasteiger partial charge in [-0.3, -0.25) is 9.69 Å². The van der Waals surface area contributed by atoms with Gasteiger partial charge in [-0.15, -0.1) is 0 Å². The first-order valence-corrected chi connectivity index (χ1v) is 7.70. The molecule has 0 radical (unpaired) electrons. The zero-order valence-corrected chi connectivity index (χ0v) is 11.6. The van der Waals surface area contributed by atoms with Crippen LogP contribution in [-0.2, 0) is 9.53 Å². The molecule has 3 aliphatic rings. The Morgan fingerprint density at radius 3 is 2.58 bits per heavy atom. The standard InChI is InChI=1S/C14H25N3O2/c18-14(13-3-1-2-10-19-13)17-8-6-16(7-9-17)12-4-5-15-11-12/h12-13,15H,1-11H2. The summed E-state index contributed by atoms with van der Waals surface area (Å²) in [5.41, 5.74) is 0. The van der Waals surface area contributed by atoms with Crippen molar-refractivity contribution in [3.63, 3.8) is 0 Å². The molecule has 2 atom stereocenters. The molecule has 1 N–H and O–H groups in total. The van der Waals surface area contributed by atoms with E-state index in [1.165, 1.54) is 6.42 Å². The van der Waals surface area contributed by atoms with E-state index >= 15 is 0 Å². The molecule has 3 saturated heterocycles. The quantitative estimate of drug-likeness (QED) is 0.768. The molecule has 3 rings (SSSR count). The Balaban J connectivity index is 1.47. The van der Waals surface area contributed by atoms with Crippen molar-refractivity contribution >= 4 is 5.91 Å². The van der Waals surface area contributed by atoms with E-state index in [2.05, 4.69) is 10.2 Å². The average Bonchev–Trinajstić information content (AvgIpc) is 3.02. The summed E-state index contributed by atoms with van der Waals surface area (Å²) in [6.45, 7) is 6.78. The molecule has 0 aromatic rings. The van der Waals surface area contributed by atoms with E-state index in [-0.39, 0.29) is 12.0 Å². The highest BCUT2D eigenvalue weighted by Gasteiger charge is 2.31. The highest BCUT2D eigenvalue weighted by molar-refractivity contribution is 5.81. The first-order valence-electron chi connectivity index (χ1n) is 7.70. The molecule has 0 aromatic heterocycles. The topological polar surface area (TPSA) is 44.8 Å². The third-order valence-electron chi connectivity index (χ3n) is 4.63. The van der Waals surface area contributed by atoms with Gasteiger partial charge in [-0.25, -0.2) is 0 Å². The summed E-state index contributed by atoms with van der Waals surface area (Å²) in [7, 11) is 0. The lowest BCUT2D eigenvalue weighted by molar-refractivity contribution is -0.148. The zero-order valence-electron chi connectivity index (χ0n) is 11.6. The van der Waals surface area contributed by atoms with E-state index in [1.807, 2.05) is 4.90 Å². The van der Waals surface area contributed by atoms with Crippen molar-refractivity contribution < 1.29 is 9.53 Å². The van der Waals surface area contributed by atoms with Gasteiger partial charge in [0.2, 0.25) is 0 Å². The van der Waals surface area contributed by atoms with Crippen molar-refractivity contribution in [1.82, 2.24) is 15.1 Å². The molecule has 0 saturated carbocycles. The van der Waals surface area contributed by atoms with Crippen LogP contribution in [0.15, 0.2) is 0 Å². The van der Waals surface area contributed by atoms with Crippen LogP contribution in [0.3, 0.4) is 0 Å². The van der Waals surface area contributed by atoms with Crippen molar-refractivity contribution in [2.45, 2.75) is 37.8 Å². The molecule has 108 valence electrons. The number of rotatable bonds is 2. The minimum Gasteiger partial charge on any atom is -0.368 e. The van der Waals surface area contributed by atoms with Gasteiger partial charge >= 0.3 is 0 Å². The number of amides is 1. The van der Waals surface area contributed by atoms with E-state index < -0.39 is 0 Å². The minimum atomic E-state index is -0.159. The zero-order chi connectivity index (χ0) is 13.1. The summed E-state index contributed by atoms with van der Waals surface area (Å²) in [6.07, 6.45) is 4.23. The van der Waals surface area contributed by atoms with Crippen LogP contribution in [0.2, 0.25) is 0 Å². The Bertz CT molecular complexity index is 304. The molecule has 0 aromatic carbocycles. The number of piperazine rings is 1. The Labute approximate surface area is 115 Å². The second-order valence-electron chi connectivity index (χ2n) is 5.86. The third-order valence-corrected chi connectivity index (χ3v) is 4.63. The van der Waals surface area contributed by atoms with Crippen LogP contribution in [0.25, 0.3) is 0 Å². The number of nitrogens with zero attached hydrogens (tertiary/aromatic N) is 2. The lowest BCUT2D eigenvalue weighted by atomic mass is 10.1. The van der Waals surface area contributed by atoms with Gasteiger partial charge in [0.15, 0.2) is 0 Å². The lowest BCUT2D eigenvalue weighted by Crippen LogP contribution is -2.54. The maximum absolute atomic E-state index is 12.4. The fourth-order valence-corrected chi connectivity index (χ4v) is 3.40. The molecule has 0 aliphatic carbocycles. The normalized spacial score (nSPS) is 33.6. The predicted octanol–water partition coefficient (Wildman–Crippen LogP) is 0.0616. The van der Waals surface area contributed by atoms with Crippen molar-refractivity contribution in [2.24, 2.45) is 0 Å². The number of hydrogen-bond acceptors (Lipinski definition) is 4. The predicted molar refractivity (Wildman–Crippen MR) is 73.0 cm³/mol. The molecule has 3 heterocycles. The Morgan fingerprint density at radius 2 is 1.95 bits per heavy atom. The van der Waals surface area contributed by atoms with Crippen LogP contribution in [0.1, 0.15) is 25.7 Å². The molecule has 3 fully saturated rings. The van der Waals surface area contributed by atoms with E-state index in [0.29, 0.717) is 6.04 Å². The van der Waals surface area contributed by atoms with Crippen LogP contribution < -0.4 is 5.32 Å². The molecule has 0 spiro atoms. The number of nitrogens with one attached hydrogen (secondary N) is 1. The number of carbonyl (C=O) groups is 1. The van der Waals surface area contributed by atoms with E-state index in [0.717, 1.165) is 65.1 Å². The fraction of sp³-hybridized carbons (Fsp3) is 0.929. The van der Waals surface area contributed by atoms with Crippen LogP contribution >= 0.6 is 0 Å². The summed E-state index contributed by atoms with van der Waals surface area (Å²) < 4.78 is 5.60. The van der Waals surface area contributed by atoms with E-state index in [4.69, 9.17) is 4.74 Å². The molecule has 3 aliphatic heterocycles. The summed E-state index contributed by atoms with van der Waals surface area (Å²) >= 11 is 0. The van der Waals surface area contributed by atoms with Crippen LogP contribution in [-0.4, -0.2) is 73.7 Å². The maximum atomic E-state index is 12.4. The van der Waals surface area contributed by atoms with Gasteiger partial charge in [0, 0.05) is 45.4 Å². The van der Waals surface area contributed by atoms with Gasteiger partial charge in [0.25, 0.3) is 5.91 Å². The molecular weight excluding hydrogens is 242 g/mol. The number of carbonyl (C=O) groups excluding carboxylic acids is 1. The molecular formula is C14H25N3O2. The monoisotopic (exact) mass is 267 g/mol. The Hall–Kier alpha value is -0.650. The van der Waals surface area contributed by atoms with Gasteiger partial charge < -0.3 is 15.0 Å². The van der Waals surface area contributed by atoms with Gasteiger partial charge in [-0.05, 0) is 32.2 Å². The van der Waals surface area contributed by atoms with Crippen molar-refractivity contribution in [3.05, 3.63) is 0 Å². The van der Waals surface area contributed by atoms with Gasteiger partial charge in [0.1, 0.15) is 6.10 Å². The van der Waals surface area contributed by atoms with Gasteiger partial charge in [-0.2, -0.15) is 0 Å². The second-order valence-corrected chi connectivity index (χ2v) is 5.86. The fourth-order valence-electron chi connectivity index (χ4n) is 3.40. The second kappa shape index (κ2) is 6.20. The Kier molecular flexibility index (Phi) is 4.35. The molecule has 0 bridgehead atoms. The molecule has 19 heavy (non-hydrogen) atoms. The summed E-state index contributed by atoms with van der Waals surface area (Å²) in [6, 6.07) is 0.684. The summed E-state index contributed by atoms with van der Waals surface area (Å²) in [5, 5.41) is 3.41. The van der Waals surface area contributed by atoms with Crippen molar-refractivity contribution in [2.75, 3.05) is 45.9 Å². The lowest BCUT2D eigenvalue weighted by Gasteiger charge is -2.39.